The summed E-state index contributed by atoms with van der Waals surface area (Å²) >= 11 is 12.6. The number of methoxy groups -OCH3 is 1. The van der Waals surface area contributed by atoms with Gasteiger partial charge in [-0.15, -0.1) is 0 Å². The van der Waals surface area contributed by atoms with Crippen molar-refractivity contribution in [3.05, 3.63) is 58.2 Å². The lowest BCUT2D eigenvalue weighted by Crippen LogP contribution is -2.50. The fraction of sp³-hybridized carbons (Fsp3) is 0.478. The third kappa shape index (κ3) is 4.50. The number of hydrogen-bond donors (Lipinski definition) is 0. The van der Waals surface area contributed by atoms with E-state index in [2.05, 4.69) is 16.0 Å². The first-order chi connectivity index (χ1) is 14.5. The number of anilines is 1. The van der Waals surface area contributed by atoms with E-state index in [-0.39, 0.29) is 11.3 Å². The molecule has 2 aliphatic rings. The van der Waals surface area contributed by atoms with Gasteiger partial charge in [0.25, 0.3) is 0 Å². The molecule has 30 heavy (non-hydrogen) atoms. The standard InChI is InChI=1S/C23H27Cl2N3O2/c1-30-18-8-12-27(15-18)13-10-23(17-5-6-19(24)20(25)14-17)9-7-22(29)28(16-23)21-4-2-3-11-26-21/h2-6,11,14,18H,7-10,12-13,15-16H2,1H3/t18-,23+/m0/s1. The van der Waals surface area contributed by atoms with Crippen LogP contribution in [-0.2, 0) is 14.9 Å². The second-order valence-electron chi connectivity index (χ2n) is 8.27. The van der Waals surface area contributed by atoms with Crippen LogP contribution in [-0.4, -0.2) is 55.2 Å². The molecule has 4 rings (SSSR count). The maximum Gasteiger partial charge on any atom is 0.228 e. The van der Waals surface area contributed by atoms with Crippen molar-refractivity contribution in [1.82, 2.24) is 9.88 Å². The fourth-order valence-corrected chi connectivity index (χ4v) is 4.95. The molecule has 2 aromatic rings. The molecular formula is C23H27Cl2N3O2. The lowest BCUT2D eigenvalue weighted by atomic mass is 9.71. The molecule has 2 aliphatic heterocycles. The number of likely N-dealkylation sites (tertiary alicyclic amines) is 1. The topological polar surface area (TPSA) is 45.7 Å². The van der Waals surface area contributed by atoms with E-state index < -0.39 is 0 Å². The molecule has 2 saturated heterocycles. The average Bonchev–Trinajstić information content (AvgIpc) is 3.24. The molecule has 1 aromatic heterocycles. The van der Waals surface area contributed by atoms with Crippen LogP contribution in [0.25, 0.3) is 0 Å². The molecule has 1 amide bonds. The molecule has 2 atom stereocenters. The van der Waals surface area contributed by atoms with Gasteiger partial charge in [-0.05, 0) is 55.6 Å². The van der Waals surface area contributed by atoms with E-state index in [1.807, 2.05) is 35.2 Å². The lowest BCUT2D eigenvalue weighted by Gasteiger charge is -2.43. The second-order valence-corrected chi connectivity index (χ2v) is 9.09. The second kappa shape index (κ2) is 9.23. The Balaban J connectivity index is 1.63. The van der Waals surface area contributed by atoms with Gasteiger partial charge < -0.3 is 9.64 Å². The summed E-state index contributed by atoms with van der Waals surface area (Å²) in [5.41, 5.74) is 0.929. The van der Waals surface area contributed by atoms with Gasteiger partial charge in [-0.25, -0.2) is 4.98 Å². The Bertz CT molecular complexity index is 895. The predicted octanol–water partition coefficient (Wildman–Crippen LogP) is 4.56. The van der Waals surface area contributed by atoms with Gasteiger partial charge in [-0.2, -0.15) is 0 Å². The van der Waals surface area contributed by atoms with Crippen LogP contribution < -0.4 is 4.90 Å². The quantitative estimate of drug-likeness (QED) is 0.650. The van der Waals surface area contributed by atoms with Crippen molar-refractivity contribution < 1.29 is 9.53 Å². The summed E-state index contributed by atoms with van der Waals surface area (Å²) in [6, 6.07) is 11.6. The number of benzene rings is 1. The number of carbonyl (C=O) groups is 1. The number of nitrogens with zero attached hydrogens (tertiary/aromatic N) is 3. The van der Waals surface area contributed by atoms with Gasteiger partial charge in [-0.1, -0.05) is 35.3 Å². The predicted molar refractivity (Wildman–Crippen MR) is 120 cm³/mol. The number of rotatable bonds is 6. The van der Waals surface area contributed by atoms with Crippen molar-refractivity contribution in [2.75, 3.05) is 38.2 Å². The van der Waals surface area contributed by atoms with E-state index in [1.54, 1.807) is 13.3 Å². The van der Waals surface area contributed by atoms with Gasteiger partial charge in [0.1, 0.15) is 5.82 Å². The summed E-state index contributed by atoms with van der Waals surface area (Å²) in [5, 5.41) is 1.10. The van der Waals surface area contributed by atoms with Gasteiger partial charge in [0, 0.05) is 44.8 Å². The van der Waals surface area contributed by atoms with Gasteiger partial charge >= 0.3 is 0 Å². The van der Waals surface area contributed by atoms with Crippen LogP contribution in [0.2, 0.25) is 10.0 Å². The number of ether oxygens (including phenoxy) is 1. The smallest absolute Gasteiger partial charge is 0.228 e. The maximum atomic E-state index is 12.8. The van der Waals surface area contributed by atoms with Crippen molar-refractivity contribution >= 4 is 34.9 Å². The molecule has 5 nitrogen and oxygen atoms in total. The molecule has 1 aromatic carbocycles. The highest BCUT2D eigenvalue weighted by Crippen LogP contribution is 2.41. The summed E-state index contributed by atoms with van der Waals surface area (Å²) in [7, 11) is 1.78. The van der Waals surface area contributed by atoms with Gasteiger partial charge in [0.2, 0.25) is 5.91 Å². The highest BCUT2D eigenvalue weighted by atomic mass is 35.5. The maximum absolute atomic E-state index is 12.8. The summed E-state index contributed by atoms with van der Waals surface area (Å²) < 4.78 is 5.53. The first kappa shape index (κ1) is 21.6. The minimum absolute atomic E-state index is 0.116. The van der Waals surface area contributed by atoms with Crippen LogP contribution in [0.1, 0.15) is 31.2 Å². The Morgan fingerprint density at radius 3 is 2.80 bits per heavy atom. The van der Waals surface area contributed by atoms with Crippen LogP contribution in [0.4, 0.5) is 5.82 Å². The third-order valence-electron chi connectivity index (χ3n) is 6.51. The average molecular weight is 448 g/mol. The number of halogens is 2. The van der Waals surface area contributed by atoms with E-state index in [1.165, 1.54) is 0 Å². The highest BCUT2D eigenvalue weighted by Gasteiger charge is 2.41. The van der Waals surface area contributed by atoms with E-state index >= 15 is 0 Å². The van der Waals surface area contributed by atoms with Crippen LogP contribution >= 0.6 is 23.2 Å². The Morgan fingerprint density at radius 2 is 2.10 bits per heavy atom. The minimum atomic E-state index is -0.204. The molecule has 0 saturated carbocycles. The van der Waals surface area contributed by atoms with Crippen molar-refractivity contribution in [3.8, 4) is 0 Å². The van der Waals surface area contributed by atoms with Crippen molar-refractivity contribution in [1.29, 1.82) is 0 Å². The third-order valence-corrected chi connectivity index (χ3v) is 7.25. The first-order valence-electron chi connectivity index (χ1n) is 10.4. The molecule has 0 aliphatic carbocycles. The summed E-state index contributed by atoms with van der Waals surface area (Å²) in [6.07, 6.45) is 5.30. The number of carbonyl (C=O) groups excluding carboxylic acids is 1. The SMILES string of the molecule is CO[C@H]1CCN(CC[C@]2(c3ccc(Cl)c(Cl)c3)CCC(=O)N(c3ccccn3)C2)C1. The molecule has 0 N–H and O–H groups in total. The molecule has 0 bridgehead atoms. The molecule has 0 spiro atoms. The number of aromatic nitrogens is 1. The Labute approximate surface area is 187 Å². The normalized spacial score (nSPS) is 25.1. The number of piperidine rings is 1. The molecule has 2 fully saturated rings. The van der Waals surface area contributed by atoms with Gasteiger partial charge in [0.05, 0.1) is 16.1 Å². The van der Waals surface area contributed by atoms with E-state index in [4.69, 9.17) is 27.9 Å². The zero-order valence-corrected chi connectivity index (χ0v) is 18.7. The number of amides is 1. The van der Waals surface area contributed by atoms with Gasteiger partial charge in [-0.3, -0.25) is 9.69 Å². The van der Waals surface area contributed by atoms with Crippen LogP contribution in [0, 0.1) is 0 Å². The monoisotopic (exact) mass is 447 g/mol. The van der Waals surface area contributed by atoms with Crippen molar-refractivity contribution in [2.45, 2.75) is 37.2 Å². The molecule has 0 unspecified atom stereocenters. The zero-order valence-electron chi connectivity index (χ0n) is 17.2. The van der Waals surface area contributed by atoms with Crippen molar-refractivity contribution in [3.63, 3.8) is 0 Å². The lowest BCUT2D eigenvalue weighted by molar-refractivity contribution is -0.120. The van der Waals surface area contributed by atoms with E-state index in [0.29, 0.717) is 34.9 Å². The van der Waals surface area contributed by atoms with Crippen LogP contribution in [0.15, 0.2) is 42.6 Å². The molecule has 7 heteroatoms. The Kier molecular flexibility index (Phi) is 6.63. The number of pyridine rings is 1. The summed E-state index contributed by atoms with van der Waals surface area (Å²) in [6.45, 7) is 3.53. The fourth-order valence-electron chi connectivity index (χ4n) is 4.65. The zero-order chi connectivity index (χ0) is 21.1. The largest absolute Gasteiger partial charge is 0.380 e. The van der Waals surface area contributed by atoms with Crippen LogP contribution in [0.5, 0.6) is 0 Å². The van der Waals surface area contributed by atoms with Crippen molar-refractivity contribution in [2.24, 2.45) is 0 Å². The summed E-state index contributed by atoms with van der Waals surface area (Å²) in [4.78, 5) is 21.5. The Morgan fingerprint density at radius 1 is 1.23 bits per heavy atom. The van der Waals surface area contributed by atoms with Crippen LogP contribution in [0.3, 0.4) is 0 Å². The minimum Gasteiger partial charge on any atom is -0.380 e. The highest BCUT2D eigenvalue weighted by molar-refractivity contribution is 6.42. The molecule has 0 radical (unpaired) electrons. The first-order valence-corrected chi connectivity index (χ1v) is 11.2. The number of hydrogen-bond acceptors (Lipinski definition) is 4. The summed E-state index contributed by atoms with van der Waals surface area (Å²) in [5.74, 6) is 0.817. The Hall–Kier alpha value is -1.66. The van der Waals surface area contributed by atoms with E-state index in [9.17, 15) is 4.79 Å². The molecular weight excluding hydrogens is 421 g/mol. The van der Waals surface area contributed by atoms with Gasteiger partial charge in [0.15, 0.2) is 0 Å². The molecule has 3 heterocycles. The van der Waals surface area contributed by atoms with E-state index in [0.717, 1.165) is 44.5 Å². The molecule has 160 valence electrons.